The molecule has 3 rings (SSSR count). The van der Waals surface area contributed by atoms with E-state index < -0.39 is 0 Å². The zero-order valence-corrected chi connectivity index (χ0v) is 36.3. The second-order valence-corrected chi connectivity index (χ2v) is 18.9. The van der Waals surface area contributed by atoms with Gasteiger partial charge in [0.25, 0.3) is 0 Å². The van der Waals surface area contributed by atoms with E-state index in [1.807, 2.05) is 0 Å². The molecule has 0 saturated carbocycles. The first kappa shape index (κ1) is 47.3. The number of thioether (sulfide) groups is 2. The van der Waals surface area contributed by atoms with Crippen LogP contribution in [0.25, 0.3) is 0 Å². The molecule has 0 fully saturated rings. The Kier molecular flexibility index (Phi) is 19.2. The highest BCUT2D eigenvalue weighted by Gasteiger charge is 2.25. The van der Waals surface area contributed by atoms with E-state index in [0.29, 0.717) is 74.5 Å². The molecule has 10 heteroatoms. The molecule has 0 aliphatic heterocycles. The summed E-state index contributed by atoms with van der Waals surface area (Å²) in [7, 11) is 0. The number of hydrogen-bond acceptors (Lipinski definition) is 10. The quantitative estimate of drug-likeness (QED) is 0.0399. The minimum Gasteiger partial charge on any atom is -0.330 e. The lowest BCUT2D eigenvalue weighted by Crippen LogP contribution is -2.17. The van der Waals surface area contributed by atoms with E-state index in [4.69, 9.17) is 22.9 Å². The maximum absolute atomic E-state index is 14.1. The van der Waals surface area contributed by atoms with Crippen LogP contribution in [0, 0.1) is 0 Å². The van der Waals surface area contributed by atoms with Crippen LogP contribution in [0.1, 0.15) is 134 Å². The average Bonchev–Trinajstić information content (AvgIpc) is 3.13. The van der Waals surface area contributed by atoms with Gasteiger partial charge in [-0.2, -0.15) is 0 Å². The number of hydrogen-bond donors (Lipinski definition) is 4. The fraction of sp³-hybridized carbons (Fsp3) is 0.522. The third kappa shape index (κ3) is 14.7. The van der Waals surface area contributed by atoms with Gasteiger partial charge in [-0.05, 0) is 89.0 Å². The predicted octanol–water partition coefficient (Wildman–Crippen LogP) is 7.72. The van der Waals surface area contributed by atoms with Crippen molar-refractivity contribution >= 4 is 46.7 Å². The van der Waals surface area contributed by atoms with Crippen molar-refractivity contribution in [3.8, 4) is 0 Å². The molecule has 0 aliphatic carbocycles. The van der Waals surface area contributed by atoms with Crippen LogP contribution in [-0.2, 0) is 46.1 Å². The second kappa shape index (κ2) is 22.7. The molecular formula is C46H66N4O4S2. The Morgan fingerprint density at radius 2 is 0.857 bits per heavy atom. The predicted molar refractivity (Wildman–Crippen MR) is 236 cm³/mol. The van der Waals surface area contributed by atoms with Gasteiger partial charge >= 0.3 is 0 Å². The van der Waals surface area contributed by atoms with Gasteiger partial charge in [-0.1, -0.05) is 84.0 Å². The molecule has 0 radical (unpaired) electrons. The molecule has 0 atom stereocenters. The second-order valence-electron chi connectivity index (χ2n) is 16.7. The first-order valence-corrected chi connectivity index (χ1v) is 22.1. The largest absolute Gasteiger partial charge is 0.330 e. The van der Waals surface area contributed by atoms with Crippen LogP contribution in [0.3, 0.4) is 0 Å². The third-order valence-electron chi connectivity index (χ3n) is 9.75. The molecule has 306 valence electrons. The van der Waals surface area contributed by atoms with E-state index in [-0.39, 0.29) is 46.8 Å². The number of Topliss-reactive ketones (excluding diaryl/α,β-unsaturated/α-hetero) is 4. The lowest BCUT2D eigenvalue weighted by molar-refractivity contribution is -0.119. The van der Waals surface area contributed by atoms with Crippen molar-refractivity contribution in [2.24, 2.45) is 22.9 Å². The van der Waals surface area contributed by atoms with Crippen molar-refractivity contribution in [2.75, 3.05) is 37.7 Å². The summed E-state index contributed by atoms with van der Waals surface area (Å²) in [4.78, 5) is 56.4. The Bertz CT molecular complexity index is 1680. The molecule has 0 unspecified atom stereocenters. The molecule has 3 aromatic carbocycles. The van der Waals surface area contributed by atoms with E-state index in [1.165, 1.54) is 0 Å². The molecule has 0 aromatic heterocycles. The summed E-state index contributed by atoms with van der Waals surface area (Å²) in [6.45, 7) is 14.8. The zero-order chi connectivity index (χ0) is 41.5. The molecule has 0 heterocycles. The summed E-state index contributed by atoms with van der Waals surface area (Å²) in [5, 5.41) is 0. The summed E-state index contributed by atoms with van der Waals surface area (Å²) in [5.74, 6) is 1.40. The number of carbonyl (C=O) groups is 4. The number of benzene rings is 3. The van der Waals surface area contributed by atoms with Crippen LogP contribution in [0.15, 0.2) is 58.3 Å². The van der Waals surface area contributed by atoms with Crippen molar-refractivity contribution in [1.29, 1.82) is 0 Å². The van der Waals surface area contributed by atoms with Gasteiger partial charge in [0.05, 0.1) is 0 Å². The first-order valence-electron chi connectivity index (χ1n) is 20.1. The molecule has 3 aromatic rings. The normalized spacial score (nSPS) is 11.9. The van der Waals surface area contributed by atoms with Gasteiger partial charge < -0.3 is 22.9 Å². The van der Waals surface area contributed by atoms with Gasteiger partial charge in [0.1, 0.15) is 11.6 Å². The Labute approximate surface area is 344 Å². The van der Waals surface area contributed by atoms with Crippen molar-refractivity contribution < 1.29 is 19.2 Å². The van der Waals surface area contributed by atoms with Crippen LogP contribution in [0.4, 0.5) is 0 Å². The number of rotatable bonds is 24. The molecule has 0 saturated heterocycles. The van der Waals surface area contributed by atoms with Gasteiger partial charge in [-0.3, -0.25) is 19.2 Å². The summed E-state index contributed by atoms with van der Waals surface area (Å²) >= 11 is 3.18. The Morgan fingerprint density at radius 3 is 1.18 bits per heavy atom. The Balaban J connectivity index is 2.00. The third-order valence-corrected chi connectivity index (χ3v) is 12.3. The van der Waals surface area contributed by atoms with Crippen LogP contribution >= 0.6 is 23.5 Å². The van der Waals surface area contributed by atoms with Gasteiger partial charge in [0.2, 0.25) is 0 Å². The summed E-state index contributed by atoms with van der Waals surface area (Å²) in [6.07, 6.45) is 4.89. The number of nitrogens with two attached hydrogens (primary N) is 4. The van der Waals surface area contributed by atoms with Crippen LogP contribution in [0.2, 0.25) is 0 Å². The van der Waals surface area contributed by atoms with Crippen molar-refractivity contribution in [2.45, 2.75) is 126 Å². The van der Waals surface area contributed by atoms with E-state index in [1.54, 1.807) is 47.8 Å². The SMILES string of the molecule is CC(C)(C)c1cc(CC(=O)CCCCN)c(SCCN)c(CC(=O)c2cccc(C(=O)Cc3cc(C(C)(C)C)cc(CC(=O)CCCCN)c3SCCN)c2)c1. The monoisotopic (exact) mass is 802 g/mol. The Morgan fingerprint density at radius 1 is 0.500 bits per heavy atom. The molecule has 8 nitrogen and oxygen atoms in total. The van der Waals surface area contributed by atoms with E-state index in [2.05, 4.69) is 65.8 Å². The molecule has 0 bridgehead atoms. The van der Waals surface area contributed by atoms with Gasteiger partial charge in [0, 0.05) is 84.0 Å². The van der Waals surface area contributed by atoms with E-state index in [9.17, 15) is 19.2 Å². The van der Waals surface area contributed by atoms with Gasteiger partial charge in [-0.25, -0.2) is 0 Å². The standard InChI is InChI=1S/C46H66N4O4S2/c1-45(2,3)37-23-33(27-39(51)14-7-9-16-47)43(55-20-18-49)35(25-37)29-41(53)31-12-11-13-32(22-31)42(54)30-36-26-38(46(4,5)6)24-34(44(36)56-21-19-50)28-40(52)15-8-10-17-48/h11-13,22-26H,7-10,14-21,27-30,47-50H2,1-6H3. The number of unbranched alkanes of at least 4 members (excludes halogenated alkanes) is 2. The molecule has 0 spiro atoms. The summed E-state index contributed by atoms with van der Waals surface area (Å²) in [5.41, 5.74) is 29.4. The number of carbonyl (C=O) groups excluding carboxylic acids is 4. The van der Waals surface area contributed by atoms with Gasteiger partial charge in [0.15, 0.2) is 11.6 Å². The highest BCUT2D eigenvalue weighted by atomic mass is 32.2. The highest BCUT2D eigenvalue weighted by molar-refractivity contribution is 7.99. The molecule has 0 aliphatic rings. The van der Waals surface area contributed by atoms with E-state index >= 15 is 0 Å². The lowest BCUT2D eigenvalue weighted by atomic mass is 9.83. The lowest BCUT2D eigenvalue weighted by Gasteiger charge is -2.24. The average molecular weight is 803 g/mol. The molecule has 0 amide bonds. The first-order chi connectivity index (χ1) is 26.5. The highest BCUT2D eigenvalue weighted by Crippen LogP contribution is 2.36. The maximum atomic E-state index is 14.1. The summed E-state index contributed by atoms with van der Waals surface area (Å²) in [6, 6.07) is 15.4. The van der Waals surface area contributed by atoms with Crippen molar-refractivity contribution in [1.82, 2.24) is 0 Å². The van der Waals surface area contributed by atoms with Gasteiger partial charge in [-0.15, -0.1) is 23.5 Å². The van der Waals surface area contributed by atoms with Crippen LogP contribution in [-0.4, -0.2) is 60.8 Å². The molecular weight excluding hydrogens is 737 g/mol. The zero-order valence-electron chi connectivity index (χ0n) is 34.7. The van der Waals surface area contributed by atoms with E-state index in [0.717, 1.165) is 68.9 Å². The maximum Gasteiger partial charge on any atom is 0.167 e. The minimum absolute atomic E-state index is 0.107. The molecule has 8 N–H and O–H groups in total. The number of ketones is 4. The molecule has 56 heavy (non-hydrogen) atoms. The summed E-state index contributed by atoms with van der Waals surface area (Å²) < 4.78 is 0. The Hall–Kier alpha value is -3.12. The fourth-order valence-electron chi connectivity index (χ4n) is 6.54. The smallest absolute Gasteiger partial charge is 0.167 e. The minimum atomic E-state index is -0.207. The van der Waals surface area contributed by atoms with Crippen molar-refractivity contribution in [3.63, 3.8) is 0 Å². The van der Waals surface area contributed by atoms with Crippen molar-refractivity contribution in [3.05, 3.63) is 93.0 Å². The topological polar surface area (TPSA) is 172 Å². The van der Waals surface area contributed by atoms with Crippen LogP contribution < -0.4 is 22.9 Å². The van der Waals surface area contributed by atoms with Crippen LogP contribution in [0.5, 0.6) is 0 Å². The fourth-order valence-corrected chi connectivity index (χ4v) is 8.45.